The molecule has 1 aromatic carbocycles. The van der Waals surface area contributed by atoms with Crippen molar-refractivity contribution in [3.05, 3.63) is 34.3 Å². The smallest absolute Gasteiger partial charge is 0.0463 e. The summed E-state index contributed by atoms with van der Waals surface area (Å²) < 4.78 is 0. The highest BCUT2D eigenvalue weighted by Gasteiger charge is 2.13. The Labute approximate surface area is 110 Å². The number of hydrogen-bond donors (Lipinski definition) is 2. The Bertz CT molecular complexity index is 350. The SMILES string of the molecule is Cc1c(Cl)cccc1C(CCCC(C)C)NN. The third-order valence-electron chi connectivity index (χ3n) is 3.16. The largest absolute Gasteiger partial charge is 0.271 e. The first kappa shape index (κ1) is 14.5. The normalized spacial score (nSPS) is 13.1. The van der Waals surface area contributed by atoms with E-state index in [0.29, 0.717) is 0 Å². The van der Waals surface area contributed by atoms with Crippen LogP contribution in [0.5, 0.6) is 0 Å². The number of hydrogen-bond acceptors (Lipinski definition) is 2. The van der Waals surface area contributed by atoms with Crippen LogP contribution in [0.1, 0.15) is 50.3 Å². The summed E-state index contributed by atoms with van der Waals surface area (Å²) in [5.74, 6) is 6.39. The molecule has 0 saturated carbocycles. The Morgan fingerprint density at radius 3 is 2.59 bits per heavy atom. The number of nitrogens with one attached hydrogen (secondary N) is 1. The number of benzene rings is 1. The van der Waals surface area contributed by atoms with E-state index >= 15 is 0 Å². The molecule has 0 aromatic heterocycles. The molecule has 0 saturated heterocycles. The van der Waals surface area contributed by atoms with Gasteiger partial charge in [0.05, 0.1) is 0 Å². The van der Waals surface area contributed by atoms with Gasteiger partial charge in [-0.1, -0.05) is 50.4 Å². The van der Waals surface area contributed by atoms with Gasteiger partial charge in [0.1, 0.15) is 0 Å². The quantitative estimate of drug-likeness (QED) is 0.595. The summed E-state index contributed by atoms with van der Waals surface area (Å²) in [5, 5.41) is 0.812. The number of nitrogens with two attached hydrogens (primary N) is 1. The lowest BCUT2D eigenvalue weighted by molar-refractivity contribution is 0.454. The van der Waals surface area contributed by atoms with Crippen molar-refractivity contribution in [1.82, 2.24) is 5.43 Å². The fourth-order valence-corrected chi connectivity index (χ4v) is 2.24. The van der Waals surface area contributed by atoms with Crippen LogP contribution in [-0.4, -0.2) is 0 Å². The van der Waals surface area contributed by atoms with Crippen molar-refractivity contribution < 1.29 is 0 Å². The topological polar surface area (TPSA) is 38.0 Å². The Morgan fingerprint density at radius 1 is 1.29 bits per heavy atom. The van der Waals surface area contributed by atoms with Gasteiger partial charge in [-0.3, -0.25) is 11.3 Å². The monoisotopic (exact) mass is 254 g/mol. The van der Waals surface area contributed by atoms with Crippen LogP contribution in [0.25, 0.3) is 0 Å². The Balaban J connectivity index is 2.69. The zero-order chi connectivity index (χ0) is 12.8. The van der Waals surface area contributed by atoms with Crippen LogP contribution >= 0.6 is 11.6 Å². The number of halogens is 1. The van der Waals surface area contributed by atoms with Crippen molar-refractivity contribution in [2.24, 2.45) is 11.8 Å². The van der Waals surface area contributed by atoms with Gasteiger partial charge in [0, 0.05) is 11.1 Å². The van der Waals surface area contributed by atoms with Crippen LogP contribution in [0.2, 0.25) is 5.02 Å². The van der Waals surface area contributed by atoms with E-state index in [4.69, 9.17) is 17.4 Å². The van der Waals surface area contributed by atoms with Gasteiger partial charge in [-0.05, 0) is 36.5 Å². The Hall–Kier alpha value is -0.570. The Morgan fingerprint density at radius 2 is 2.00 bits per heavy atom. The molecule has 0 amide bonds. The molecule has 0 heterocycles. The molecule has 3 N–H and O–H groups in total. The van der Waals surface area contributed by atoms with E-state index in [1.165, 1.54) is 18.4 Å². The molecule has 0 spiro atoms. The molecule has 1 unspecified atom stereocenters. The molecule has 0 bridgehead atoms. The minimum Gasteiger partial charge on any atom is -0.271 e. The first-order valence-electron chi connectivity index (χ1n) is 6.27. The van der Waals surface area contributed by atoms with Gasteiger partial charge in [-0.2, -0.15) is 0 Å². The van der Waals surface area contributed by atoms with Crippen LogP contribution in [0.4, 0.5) is 0 Å². The summed E-state index contributed by atoms with van der Waals surface area (Å²) in [6.07, 6.45) is 3.46. The third kappa shape index (κ3) is 4.30. The maximum Gasteiger partial charge on any atom is 0.0463 e. The van der Waals surface area contributed by atoms with E-state index < -0.39 is 0 Å². The van der Waals surface area contributed by atoms with Gasteiger partial charge in [-0.15, -0.1) is 0 Å². The first-order valence-corrected chi connectivity index (χ1v) is 6.65. The van der Waals surface area contributed by atoms with Crippen LogP contribution < -0.4 is 11.3 Å². The maximum absolute atomic E-state index is 6.13. The highest BCUT2D eigenvalue weighted by Crippen LogP contribution is 2.27. The molecule has 17 heavy (non-hydrogen) atoms. The molecule has 0 aliphatic heterocycles. The van der Waals surface area contributed by atoms with Crippen molar-refractivity contribution in [2.45, 2.75) is 46.1 Å². The second-order valence-electron chi connectivity index (χ2n) is 5.00. The predicted octanol–water partition coefficient (Wildman–Crippen LogP) is 3.98. The van der Waals surface area contributed by atoms with Gasteiger partial charge >= 0.3 is 0 Å². The van der Waals surface area contributed by atoms with Gasteiger partial charge in [0.2, 0.25) is 0 Å². The lowest BCUT2D eigenvalue weighted by Gasteiger charge is -2.19. The standard InChI is InChI=1S/C14H23ClN2/c1-10(2)6-4-9-14(17-16)12-7-5-8-13(15)11(12)3/h5,7-8,10,14,17H,4,6,9,16H2,1-3H3. The van der Waals surface area contributed by atoms with E-state index in [-0.39, 0.29) is 6.04 Å². The lowest BCUT2D eigenvalue weighted by atomic mass is 9.95. The molecule has 2 nitrogen and oxygen atoms in total. The lowest BCUT2D eigenvalue weighted by Crippen LogP contribution is -2.28. The molecule has 1 aromatic rings. The molecule has 1 rings (SSSR count). The van der Waals surface area contributed by atoms with Crippen molar-refractivity contribution >= 4 is 11.6 Å². The molecule has 0 radical (unpaired) electrons. The van der Waals surface area contributed by atoms with E-state index in [1.54, 1.807) is 0 Å². The van der Waals surface area contributed by atoms with Crippen molar-refractivity contribution in [3.8, 4) is 0 Å². The molecule has 96 valence electrons. The highest BCUT2D eigenvalue weighted by molar-refractivity contribution is 6.31. The van der Waals surface area contributed by atoms with Crippen molar-refractivity contribution in [2.75, 3.05) is 0 Å². The molecule has 0 aliphatic rings. The maximum atomic E-state index is 6.13. The second kappa shape index (κ2) is 7.00. The summed E-state index contributed by atoms with van der Waals surface area (Å²) in [4.78, 5) is 0. The average Bonchev–Trinajstić information content (AvgIpc) is 2.28. The fourth-order valence-electron chi connectivity index (χ4n) is 2.06. The Kier molecular flexibility index (Phi) is 5.96. The van der Waals surface area contributed by atoms with Crippen LogP contribution in [0.15, 0.2) is 18.2 Å². The molecular formula is C14H23ClN2. The molecular weight excluding hydrogens is 232 g/mol. The highest BCUT2D eigenvalue weighted by atomic mass is 35.5. The van der Waals surface area contributed by atoms with Crippen molar-refractivity contribution in [3.63, 3.8) is 0 Å². The summed E-state index contributed by atoms with van der Waals surface area (Å²) in [5.41, 5.74) is 5.24. The van der Waals surface area contributed by atoms with Crippen molar-refractivity contribution in [1.29, 1.82) is 0 Å². The van der Waals surface area contributed by atoms with E-state index in [0.717, 1.165) is 22.9 Å². The van der Waals surface area contributed by atoms with E-state index in [2.05, 4.69) is 25.3 Å². The van der Waals surface area contributed by atoms with Gasteiger partial charge < -0.3 is 0 Å². The molecule has 1 atom stereocenters. The zero-order valence-corrected chi connectivity index (χ0v) is 11.7. The van der Waals surface area contributed by atoms with E-state index in [1.807, 2.05) is 19.1 Å². The summed E-state index contributed by atoms with van der Waals surface area (Å²) in [7, 11) is 0. The van der Waals surface area contributed by atoms with Gasteiger partial charge in [0.15, 0.2) is 0 Å². The first-order chi connectivity index (χ1) is 8.06. The van der Waals surface area contributed by atoms with Crippen LogP contribution in [0.3, 0.4) is 0 Å². The van der Waals surface area contributed by atoms with Crippen LogP contribution in [0, 0.1) is 12.8 Å². The second-order valence-corrected chi connectivity index (χ2v) is 5.41. The van der Waals surface area contributed by atoms with Gasteiger partial charge in [0.25, 0.3) is 0 Å². The number of rotatable bonds is 6. The van der Waals surface area contributed by atoms with E-state index in [9.17, 15) is 0 Å². The predicted molar refractivity (Wildman–Crippen MR) is 74.9 cm³/mol. The zero-order valence-electron chi connectivity index (χ0n) is 11.0. The molecule has 0 fully saturated rings. The summed E-state index contributed by atoms with van der Waals surface area (Å²) in [6, 6.07) is 6.20. The average molecular weight is 255 g/mol. The summed E-state index contributed by atoms with van der Waals surface area (Å²) in [6.45, 7) is 6.54. The minimum absolute atomic E-state index is 0.201. The van der Waals surface area contributed by atoms with Crippen LogP contribution in [-0.2, 0) is 0 Å². The third-order valence-corrected chi connectivity index (χ3v) is 3.57. The summed E-state index contributed by atoms with van der Waals surface area (Å²) >= 11 is 6.13. The van der Waals surface area contributed by atoms with Gasteiger partial charge in [-0.25, -0.2) is 0 Å². The fraction of sp³-hybridized carbons (Fsp3) is 0.571. The number of hydrazine groups is 1. The minimum atomic E-state index is 0.201. The molecule has 0 aliphatic carbocycles. The molecule has 3 heteroatoms.